The standard InChI is InChI=1S/C13H13BrFN3O2S/c1-7-3-8(2)17-13(4-7)18-21(19,20)12-5-9(14)10(15)6-11(12)16/h3-6H,16H2,1-2H3,(H,17,18). The maximum Gasteiger partial charge on any atom is 0.265 e. The number of rotatable bonds is 3. The fraction of sp³-hybridized carbons (Fsp3) is 0.154. The molecular weight excluding hydrogens is 361 g/mol. The van der Waals surface area contributed by atoms with E-state index in [-0.39, 0.29) is 20.9 Å². The molecule has 0 aliphatic carbocycles. The maximum absolute atomic E-state index is 13.3. The molecule has 0 fully saturated rings. The van der Waals surface area contributed by atoms with Gasteiger partial charge in [0.25, 0.3) is 10.0 Å². The van der Waals surface area contributed by atoms with E-state index in [1.165, 1.54) is 0 Å². The summed E-state index contributed by atoms with van der Waals surface area (Å²) in [7, 11) is -3.95. The van der Waals surface area contributed by atoms with Crippen molar-refractivity contribution >= 4 is 37.5 Å². The first-order valence-electron chi connectivity index (χ1n) is 5.91. The van der Waals surface area contributed by atoms with Gasteiger partial charge >= 0.3 is 0 Å². The Morgan fingerprint density at radius 2 is 1.90 bits per heavy atom. The Morgan fingerprint density at radius 3 is 2.52 bits per heavy atom. The molecule has 0 saturated carbocycles. The Hall–Kier alpha value is -1.67. The highest BCUT2D eigenvalue weighted by molar-refractivity contribution is 9.10. The van der Waals surface area contributed by atoms with Crippen molar-refractivity contribution in [2.45, 2.75) is 18.7 Å². The van der Waals surface area contributed by atoms with Crippen LogP contribution >= 0.6 is 15.9 Å². The van der Waals surface area contributed by atoms with Crippen molar-refractivity contribution in [3.63, 3.8) is 0 Å². The molecule has 0 amide bonds. The lowest BCUT2D eigenvalue weighted by Gasteiger charge is -2.11. The molecule has 0 unspecified atom stereocenters. The van der Waals surface area contributed by atoms with E-state index in [9.17, 15) is 12.8 Å². The number of nitrogens with two attached hydrogens (primary N) is 1. The molecule has 112 valence electrons. The monoisotopic (exact) mass is 373 g/mol. The van der Waals surface area contributed by atoms with Gasteiger partial charge in [-0.1, -0.05) is 0 Å². The van der Waals surface area contributed by atoms with Crippen LogP contribution in [0.5, 0.6) is 0 Å². The summed E-state index contributed by atoms with van der Waals surface area (Å²) < 4.78 is 40.4. The highest BCUT2D eigenvalue weighted by atomic mass is 79.9. The number of nitrogen functional groups attached to an aromatic ring is 1. The van der Waals surface area contributed by atoms with E-state index >= 15 is 0 Å². The summed E-state index contributed by atoms with van der Waals surface area (Å²) in [5, 5.41) is 0. The summed E-state index contributed by atoms with van der Waals surface area (Å²) in [5.74, 6) is -0.441. The van der Waals surface area contributed by atoms with Crippen LogP contribution in [0.3, 0.4) is 0 Å². The fourth-order valence-corrected chi connectivity index (χ4v) is 3.49. The minimum atomic E-state index is -3.95. The Morgan fingerprint density at radius 1 is 1.24 bits per heavy atom. The van der Waals surface area contributed by atoms with Gasteiger partial charge < -0.3 is 5.73 Å². The molecule has 0 aliphatic heterocycles. The Balaban J connectivity index is 2.45. The number of benzene rings is 1. The number of hydrogen-bond donors (Lipinski definition) is 2. The zero-order valence-electron chi connectivity index (χ0n) is 11.3. The molecular formula is C13H13BrFN3O2S. The molecule has 1 heterocycles. The summed E-state index contributed by atoms with van der Waals surface area (Å²) >= 11 is 2.94. The second-order valence-corrected chi connectivity index (χ2v) is 7.09. The van der Waals surface area contributed by atoms with Crippen molar-refractivity contribution in [3.8, 4) is 0 Å². The van der Waals surface area contributed by atoms with Crippen LogP contribution in [0.2, 0.25) is 0 Å². The van der Waals surface area contributed by atoms with Crippen molar-refractivity contribution in [3.05, 3.63) is 45.8 Å². The lowest BCUT2D eigenvalue weighted by Crippen LogP contribution is -2.16. The summed E-state index contributed by atoms with van der Waals surface area (Å²) in [4.78, 5) is 3.89. The largest absolute Gasteiger partial charge is 0.398 e. The number of hydrogen-bond acceptors (Lipinski definition) is 4. The van der Waals surface area contributed by atoms with Crippen molar-refractivity contribution in [2.24, 2.45) is 0 Å². The maximum atomic E-state index is 13.3. The highest BCUT2D eigenvalue weighted by Gasteiger charge is 2.20. The Labute approximate surface area is 130 Å². The molecule has 0 spiro atoms. The van der Waals surface area contributed by atoms with Crippen LogP contribution in [-0.4, -0.2) is 13.4 Å². The van der Waals surface area contributed by atoms with E-state index in [0.717, 1.165) is 17.7 Å². The van der Waals surface area contributed by atoms with Crippen molar-refractivity contribution in [1.82, 2.24) is 4.98 Å². The average Bonchev–Trinajstić information content (AvgIpc) is 2.31. The molecule has 2 rings (SSSR count). The van der Waals surface area contributed by atoms with Gasteiger partial charge in [0.2, 0.25) is 0 Å². The molecule has 1 aromatic heterocycles. The number of nitrogens with zero attached hydrogens (tertiary/aromatic N) is 1. The van der Waals surface area contributed by atoms with Crippen LogP contribution < -0.4 is 10.5 Å². The number of anilines is 2. The molecule has 0 aliphatic rings. The van der Waals surface area contributed by atoms with E-state index in [4.69, 9.17) is 5.73 Å². The number of aromatic nitrogens is 1. The van der Waals surface area contributed by atoms with E-state index in [2.05, 4.69) is 25.6 Å². The van der Waals surface area contributed by atoms with E-state index in [1.807, 2.05) is 13.0 Å². The molecule has 21 heavy (non-hydrogen) atoms. The highest BCUT2D eigenvalue weighted by Crippen LogP contribution is 2.27. The lowest BCUT2D eigenvalue weighted by atomic mass is 10.2. The molecule has 5 nitrogen and oxygen atoms in total. The molecule has 2 aromatic rings. The molecule has 3 N–H and O–H groups in total. The van der Waals surface area contributed by atoms with Crippen molar-refractivity contribution in [2.75, 3.05) is 10.5 Å². The molecule has 8 heteroatoms. The van der Waals surface area contributed by atoms with E-state index in [1.54, 1.807) is 13.0 Å². The summed E-state index contributed by atoms with van der Waals surface area (Å²) in [5.41, 5.74) is 6.97. The molecule has 0 saturated heterocycles. The number of sulfonamides is 1. The molecule has 0 atom stereocenters. The Kier molecular flexibility index (Phi) is 4.20. The van der Waals surface area contributed by atoms with Gasteiger partial charge in [0.15, 0.2) is 0 Å². The molecule has 1 aromatic carbocycles. The van der Waals surface area contributed by atoms with Gasteiger partial charge in [0, 0.05) is 5.69 Å². The summed E-state index contributed by atoms with van der Waals surface area (Å²) in [6.07, 6.45) is 0. The average molecular weight is 374 g/mol. The van der Waals surface area contributed by atoms with Gasteiger partial charge in [-0.3, -0.25) is 4.72 Å². The van der Waals surface area contributed by atoms with E-state index in [0.29, 0.717) is 5.69 Å². The predicted molar refractivity (Wildman–Crippen MR) is 83.0 cm³/mol. The second kappa shape index (κ2) is 5.61. The first kappa shape index (κ1) is 15.7. The van der Waals surface area contributed by atoms with Crippen LogP contribution in [-0.2, 0) is 10.0 Å². The Bertz CT molecular complexity index is 789. The van der Waals surface area contributed by atoms with Crippen LogP contribution in [0, 0.1) is 19.7 Å². The summed E-state index contributed by atoms with van der Waals surface area (Å²) in [6, 6.07) is 5.49. The number of halogens is 2. The topological polar surface area (TPSA) is 85.1 Å². The zero-order valence-corrected chi connectivity index (χ0v) is 13.7. The third-order valence-corrected chi connectivity index (χ3v) is 4.70. The van der Waals surface area contributed by atoms with Gasteiger partial charge in [-0.15, -0.1) is 0 Å². The lowest BCUT2D eigenvalue weighted by molar-refractivity contribution is 0.599. The normalized spacial score (nSPS) is 11.4. The smallest absolute Gasteiger partial charge is 0.265 e. The number of aryl methyl sites for hydroxylation is 2. The number of nitrogens with one attached hydrogen (secondary N) is 1. The van der Waals surface area contributed by atoms with Gasteiger partial charge in [-0.25, -0.2) is 17.8 Å². The van der Waals surface area contributed by atoms with Crippen molar-refractivity contribution < 1.29 is 12.8 Å². The van der Waals surface area contributed by atoms with Crippen molar-refractivity contribution in [1.29, 1.82) is 0 Å². The van der Waals surface area contributed by atoms with Gasteiger partial charge in [0.1, 0.15) is 16.5 Å². The van der Waals surface area contributed by atoms with Crippen LogP contribution in [0.25, 0.3) is 0 Å². The van der Waals surface area contributed by atoms with Crippen LogP contribution in [0.15, 0.2) is 33.6 Å². The zero-order chi connectivity index (χ0) is 15.8. The van der Waals surface area contributed by atoms with Crippen LogP contribution in [0.1, 0.15) is 11.3 Å². The first-order valence-corrected chi connectivity index (χ1v) is 8.19. The predicted octanol–water partition coefficient (Wildman–Crippen LogP) is 2.98. The van der Waals surface area contributed by atoms with E-state index < -0.39 is 15.8 Å². The minimum Gasteiger partial charge on any atom is -0.398 e. The van der Waals surface area contributed by atoms with Gasteiger partial charge in [-0.05, 0) is 59.6 Å². The summed E-state index contributed by atoms with van der Waals surface area (Å²) in [6.45, 7) is 3.59. The minimum absolute atomic E-state index is 0.0189. The third kappa shape index (κ3) is 3.51. The quantitative estimate of drug-likeness (QED) is 0.809. The fourth-order valence-electron chi connectivity index (χ4n) is 1.86. The third-order valence-electron chi connectivity index (χ3n) is 2.68. The van der Waals surface area contributed by atoms with Crippen LogP contribution in [0.4, 0.5) is 15.9 Å². The second-order valence-electron chi connectivity index (χ2n) is 4.58. The molecule has 0 bridgehead atoms. The first-order chi connectivity index (χ1) is 9.69. The van der Waals surface area contributed by atoms with Gasteiger partial charge in [0.05, 0.1) is 10.2 Å². The molecule has 0 radical (unpaired) electrons. The van der Waals surface area contributed by atoms with Gasteiger partial charge in [-0.2, -0.15) is 0 Å². The SMILES string of the molecule is Cc1cc(C)nc(NS(=O)(=O)c2cc(Br)c(F)cc2N)c1. The number of pyridine rings is 1.